The van der Waals surface area contributed by atoms with Gasteiger partial charge >= 0.3 is 0 Å². The molecule has 5 heteroatoms. The minimum Gasteiger partial charge on any atom is -0.496 e. The summed E-state index contributed by atoms with van der Waals surface area (Å²) in [6.45, 7) is 2.01. The third kappa shape index (κ3) is 2.42. The molecule has 0 spiro atoms. The summed E-state index contributed by atoms with van der Waals surface area (Å²) in [6.07, 6.45) is 0.765. The van der Waals surface area contributed by atoms with Gasteiger partial charge in [0, 0.05) is 17.8 Å². The predicted molar refractivity (Wildman–Crippen MR) is 68.4 cm³/mol. The Morgan fingerprint density at radius 3 is 2.94 bits per heavy atom. The minimum absolute atomic E-state index is 0.0311. The number of nitrogens with two attached hydrogens (primary N) is 1. The first kappa shape index (κ1) is 11.6. The molecular formula is C11H14N2OS2. The largest absolute Gasteiger partial charge is 0.496 e. The highest BCUT2D eigenvalue weighted by atomic mass is 32.1. The second kappa shape index (κ2) is 4.95. The molecule has 0 aliphatic carbocycles. The summed E-state index contributed by atoms with van der Waals surface area (Å²) < 4.78 is 5.26. The van der Waals surface area contributed by atoms with Crippen LogP contribution in [0, 0.1) is 6.92 Å². The molecule has 2 rings (SSSR count). The van der Waals surface area contributed by atoms with Crippen molar-refractivity contribution < 1.29 is 4.74 Å². The van der Waals surface area contributed by atoms with E-state index in [4.69, 9.17) is 10.5 Å². The van der Waals surface area contributed by atoms with Crippen LogP contribution in [0.25, 0.3) is 0 Å². The molecule has 1 unspecified atom stereocenters. The number of aryl methyl sites for hydroxylation is 1. The number of hydrogen-bond donors (Lipinski definition) is 1. The van der Waals surface area contributed by atoms with E-state index in [-0.39, 0.29) is 6.04 Å². The van der Waals surface area contributed by atoms with Crippen molar-refractivity contribution in [3.8, 4) is 5.75 Å². The molecule has 3 nitrogen and oxygen atoms in total. The molecular weight excluding hydrogens is 240 g/mol. The summed E-state index contributed by atoms with van der Waals surface area (Å²) in [4.78, 5) is 5.51. The van der Waals surface area contributed by atoms with Crippen LogP contribution in [0.4, 0.5) is 0 Å². The van der Waals surface area contributed by atoms with Crippen LogP contribution in [0.3, 0.4) is 0 Å². The van der Waals surface area contributed by atoms with E-state index < -0.39 is 0 Å². The fraction of sp³-hybridized carbons (Fsp3) is 0.364. The zero-order chi connectivity index (χ0) is 11.5. The zero-order valence-electron chi connectivity index (χ0n) is 9.27. The molecule has 2 aromatic heterocycles. The smallest absolute Gasteiger partial charge is 0.134 e. The van der Waals surface area contributed by atoms with E-state index in [0.717, 1.165) is 27.7 Å². The molecule has 0 aromatic carbocycles. The van der Waals surface area contributed by atoms with E-state index in [2.05, 4.69) is 10.4 Å². The average molecular weight is 254 g/mol. The third-order valence-corrected chi connectivity index (χ3v) is 4.16. The predicted octanol–water partition coefficient (Wildman–Crippen LogP) is 2.76. The van der Waals surface area contributed by atoms with E-state index in [1.165, 1.54) is 0 Å². The van der Waals surface area contributed by atoms with Gasteiger partial charge in [0.15, 0.2) is 0 Å². The van der Waals surface area contributed by atoms with Gasteiger partial charge in [-0.25, -0.2) is 4.98 Å². The first-order valence-electron chi connectivity index (χ1n) is 4.98. The van der Waals surface area contributed by atoms with Gasteiger partial charge < -0.3 is 10.5 Å². The van der Waals surface area contributed by atoms with Crippen molar-refractivity contribution in [3.05, 3.63) is 32.4 Å². The van der Waals surface area contributed by atoms with Crippen LogP contribution in [0.15, 0.2) is 16.8 Å². The molecule has 2 heterocycles. The zero-order valence-corrected chi connectivity index (χ0v) is 10.9. The second-order valence-corrected chi connectivity index (χ2v) is 5.53. The number of ether oxygens (including phenoxy) is 1. The Hall–Kier alpha value is -0.910. The maximum absolute atomic E-state index is 6.15. The summed E-state index contributed by atoms with van der Waals surface area (Å²) in [7, 11) is 1.67. The highest BCUT2D eigenvalue weighted by molar-refractivity contribution is 7.10. The lowest BCUT2D eigenvalue weighted by molar-refractivity contribution is 0.408. The Labute approximate surface area is 103 Å². The molecule has 0 radical (unpaired) electrons. The Morgan fingerprint density at radius 2 is 2.31 bits per heavy atom. The highest BCUT2D eigenvalue weighted by Crippen LogP contribution is 2.31. The Kier molecular flexibility index (Phi) is 3.58. The maximum Gasteiger partial charge on any atom is 0.134 e. The Balaban J connectivity index is 2.11. The first-order valence-corrected chi connectivity index (χ1v) is 6.74. The lowest BCUT2D eigenvalue weighted by Gasteiger charge is -2.10. The number of aromatic nitrogens is 1. The van der Waals surface area contributed by atoms with Crippen molar-refractivity contribution in [3.63, 3.8) is 0 Å². The Morgan fingerprint density at radius 1 is 1.50 bits per heavy atom. The van der Waals surface area contributed by atoms with E-state index in [9.17, 15) is 0 Å². The molecule has 2 aromatic rings. The van der Waals surface area contributed by atoms with Crippen molar-refractivity contribution in [1.82, 2.24) is 4.98 Å². The standard InChI is InChI=1S/C11H14N2OS2/c1-7-13-8(6-16-7)5-9(12)11-10(14-2)3-4-15-11/h3-4,6,9H,5,12H2,1-2H3. The molecule has 0 aliphatic heterocycles. The fourth-order valence-electron chi connectivity index (χ4n) is 1.57. The van der Waals surface area contributed by atoms with Gasteiger partial charge in [0.25, 0.3) is 0 Å². The van der Waals surface area contributed by atoms with E-state index >= 15 is 0 Å². The summed E-state index contributed by atoms with van der Waals surface area (Å²) in [6, 6.07) is 1.92. The number of thiazole rings is 1. The number of thiophene rings is 1. The third-order valence-electron chi connectivity index (χ3n) is 2.31. The minimum atomic E-state index is -0.0311. The molecule has 0 fully saturated rings. The number of rotatable bonds is 4. The van der Waals surface area contributed by atoms with Crippen molar-refractivity contribution in [2.45, 2.75) is 19.4 Å². The first-order chi connectivity index (χ1) is 7.70. The van der Waals surface area contributed by atoms with Crippen LogP contribution in [0.1, 0.15) is 21.6 Å². The van der Waals surface area contributed by atoms with Crippen molar-refractivity contribution in [2.24, 2.45) is 5.73 Å². The van der Waals surface area contributed by atoms with Gasteiger partial charge in [0.2, 0.25) is 0 Å². The van der Waals surface area contributed by atoms with Crippen LogP contribution in [-0.4, -0.2) is 12.1 Å². The topological polar surface area (TPSA) is 48.1 Å². The SMILES string of the molecule is COc1ccsc1C(N)Cc1csc(C)n1. The van der Waals surface area contributed by atoms with Gasteiger partial charge in [0.1, 0.15) is 5.75 Å². The number of nitrogens with zero attached hydrogens (tertiary/aromatic N) is 1. The quantitative estimate of drug-likeness (QED) is 0.912. The molecule has 0 aliphatic rings. The van der Waals surface area contributed by atoms with Crippen molar-refractivity contribution in [2.75, 3.05) is 7.11 Å². The normalized spacial score (nSPS) is 12.7. The van der Waals surface area contributed by atoms with Crippen LogP contribution in [0.2, 0.25) is 0 Å². The van der Waals surface area contributed by atoms with Crippen LogP contribution < -0.4 is 10.5 Å². The van der Waals surface area contributed by atoms with Crippen molar-refractivity contribution >= 4 is 22.7 Å². The van der Waals surface area contributed by atoms with Gasteiger partial charge in [-0.15, -0.1) is 22.7 Å². The second-order valence-electron chi connectivity index (χ2n) is 3.52. The van der Waals surface area contributed by atoms with Crippen LogP contribution >= 0.6 is 22.7 Å². The Bertz CT molecular complexity index is 464. The van der Waals surface area contributed by atoms with Crippen molar-refractivity contribution in [1.29, 1.82) is 0 Å². The molecule has 0 saturated carbocycles. The van der Waals surface area contributed by atoms with Gasteiger partial charge in [-0.1, -0.05) is 0 Å². The van der Waals surface area contributed by atoms with Crippen LogP contribution in [-0.2, 0) is 6.42 Å². The van der Waals surface area contributed by atoms with Gasteiger partial charge in [0.05, 0.1) is 22.7 Å². The molecule has 16 heavy (non-hydrogen) atoms. The lowest BCUT2D eigenvalue weighted by Crippen LogP contribution is -2.12. The number of hydrogen-bond acceptors (Lipinski definition) is 5. The van der Waals surface area contributed by atoms with Crippen LogP contribution in [0.5, 0.6) is 5.75 Å². The molecule has 0 saturated heterocycles. The van der Waals surface area contributed by atoms with Gasteiger partial charge in [-0.05, 0) is 18.4 Å². The monoisotopic (exact) mass is 254 g/mol. The lowest BCUT2D eigenvalue weighted by atomic mass is 10.1. The molecule has 1 atom stereocenters. The van der Waals surface area contributed by atoms with Gasteiger partial charge in [-0.2, -0.15) is 0 Å². The highest BCUT2D eigenvalue weighted by Gasteiger charge is 2.15. The fourth-order valence-corrected chi connectivity index (χ4v) is 3.06. The average Bonchev–Trinajstić information content (AvgIpc) is 2.86. The molecule has 0 bridgehead atoms. The summed E-state index contributed by atoms with van der Waals surface area (Å²) in [5, 5.41) is 5.15. The number of methoxy groups -OCH3 is 1. The molecule has 2 N–H and O–H groups in total. The van der Waals surface area contributed by atoms with Gasteiger partial charge in [-0.3, -0.25) is 0 Å². The molecule has 0 amide bonds. The van der Waals surface area contributed by atoms with E-state index in [0.29, 0.717) is 0 Å². The van der Waals surface area contributed by atoms with E-state index in [1.54, 1.807) is 29.8 Å². The maximum atomic E-state index is 6.15. The summed E-state index contributed by atoms with van der Waals surface area (Å²) in [5.74, 6) is 0.879. The molecule has 86 valence electrons. The summed E-state index contributed by atoms with van der Waals surface area (Å²) in [5.41, 5.74) is 7.21. The summed E-state index contributed by atoms with van der Waals surface area (Å²) >= 11 is 3.29. The van der Waals surface area contributed by atoms with E-state index in [1.807, 2.05) is 18.4 Å².